The molecule has 2 aromatic heterocycles. The summed E-state index contributed by atoms with van der Waals surface area (Å²) in [7, 11) is 0. The lowest BCUT2D eigenvalue weighted by molar-refractivity contribution is -0.275. The summed E-state index contributed by atoms with van der Waals surface area (Å²) in [5.74, 6) is -4.59. The highest BCUT2D eigenvalue weighted by Gasteiger charge is 2.32. The van der Waals surface area contributed by atoms with E-state index < -0.39 is 41.8 Å². The number of carboxylic acids is 1. The van der Waals surface area contributed by atoms with Gasteiger partial charge in [0.15, 0.2) is 17.2 Å². The first-order valence-electron chi connectivity index (χ1n) is 12.2. The van der Waals surface area contributed by atoms with Crippen LogP contribution in [0.1, 0.15) is 66.1 Å². The Hall–Kier alpha value is -5.01. The SMILES string of the molecule is Cc1c(C(=O)O)ccc2c1CC[C@@H]2NC(=O)c1cc(C(=O)NCc2ccc(F)c(OC(F)(F)F)c2)nc2ccnn12. The average Bonchev–Trinajstić information content (AvgIpc) is 3.55. The van der Waals surface area contributed by atoms with Crippen LogP contribution in [0.2, 0.25) is 0 Å². The quantitative estimate of drug-likeness (QED) is 0.284. The number of aromatic nitrogens is 3. The zero-order valence-corrected chi connectivity index (χ0v) is 21.3. The number of alkyl halides is 3. The topological polar surface area (TPSA) is 135 Å². The van der Waals surface area contributed by atoms with Crippen molar-refractivity contribution >= 4 is 23.4 Å². The second-order valence-corrected chi connectivity index (χ2v) is 9.30. The molecule has 1 aliphatic carbocycles. The number of benzene rings is 2. The molecule has 3 N–H and O–H groups in total. The molecule has 0 bridgehead atoms. The van der Waals surface area contributed by atoms with Crippen molar-refractivity contribution in [2.24, 2.45) is 0 Å². The van der Waals surface area contributed by atoms with Gasteiger partial charge >= 0.3 is 12.3 Å². The molecule has 0 spiro atoms. The third kappa shape index (κ3) is 5.66. The Bertz CT molecular complexity index is 1700. The summed E-state index contributed by atoms with van der Waals surface area (Å²) in [6.45, 7) is 1.45. The molecule has 5 rings (SSSR count). The zero-order valence-electron chi connectivity index (χ0n) is 21.3. The van der Waals surface area contributed by atoms with Crippen LogP contribution in [0.25, 0.3) is 5.65 Å². The van der Waals surface area contributed by atoms with Crippen LogP contribution in [-0.2, 0) is 13.0 Å². The van der Waals surface area contributed by atoms with Gasteiger partial charge < -0.3 is 20.5 Å². The molecule has 1 aliphatic rings. The first kappa shape index (κ1) is 27.6. The molecule has 0 saturated heterocycles. The number of aromatic carboxylic acids is 1. The second-order valence-electron chi connectivity index (χ2n) is 9.30. The van der Waals surface area contributed by atoms with Gasteiger partial charge in [-0.1, -0.05) is 12.1 Å². The van der Waals surface area contributed by atoms with E-state index in [2.05, 4.69) is 25.5 Å². The molecule has 0 radical (unpaired) electrons. The molecule has 0 aliphatic heterocycles. The van der Waals surface area contributed by atoms with Crippen LogP contribution in [-0.4, -0.2) is 43.9 Å². The summed E-state index contributed by atoms with van der Waals surface area (Å²) in [5, 5.41) is 18.9. The maximum absolute atomic E-state index is 13.7. The molecule has 41 heavy (non-hydrogen) atoms. The molecular formula is C27H21F4N5O5. The molecular weight excluding hydrogens is 550 g/mol. The van der Waals surface area contributed by atoms with Crippen molar-refractivity contribution in [3.63, 3.8) is 0 Å². The van der Waals surface area contributed by atoms with E-state index >= 15 is 0 Å². The van der Waals surface area contributed by atoms with Gasteiger partial charge in [0.1, 0.15) is 11.4 Å². The van der Waals surface area contributed by atoms with Crippen LogP contribution in [0.5, 0.6) is 5.75 Å². The van der Waals surface area contributed by atoms with Crippen LogP contribution in [0, 0.1) is 12.7 Å². The number of fused-ring (bicyclic) bond motifs is 2. The van der Waals surface area contributed by atoms with Gasteiger partial charge in [-0.2, -0.15) is 5.10 Å². The third-order valence-corrected chi connectivity index (χ3v) is 6.73. The van der Waals surface area contributed by atoms with E-state index in [9.17, 15) is 37.1 Å². The molecule has 0 fully saturated rings. The summed E-state index contributed by atoms with van der Waals surface area (Å²) in [6, 6.07) is 8.27. The number of rotatable bonds is 7. The normalized spacial score (nSPS) is 14.5. The zero-order chi connectivity index (χ0) is 29.5. The highest BCUT2D eigenvalue weighted by atomic mass is 19.4. The molecule has 0 unspecified atom stereocenters. The Morgan fingerprint density at radius 3 is 2.63 bits per heavy atom. The Kier molecular flexibility index (Phi) is 7.07. The molecule has 10 nitrogen and oxygen atoms in total. The minimum Gasteiger partial charge on any atom is -0.478 e. The van der Waals surface area contributed by atoms with Gasteiger partial charge in [-0.3, -0.25) is 9.59 Å². The summed E-state index contributed by atoms with van der Waals surface area (Å²) < 4.78 is 56.2. The van der Waals surface area contributed by atoms with E-state index in [0.29, 0.717) is 18.4 Å². The van der Waals surface area contributed by atoms with Crippen LogP contribution < -0.4 is 15.4 Å². The van der Waals surface area contributed by atoms with E-state index in [1.54, 1.807) is 13.0 Å². The Balaban J connectivity index is 1.35. The minimum absolute atomic E-state index is 0.000115. The number of nitrogens with one attached hydrogen (secondary N) is 2. The number of ether oxygens (including phenoxy) is 1. The highest BCUT2D eigenvalue weighted by molar-refractivity contribution is 5.98. The lowest BCUT2D eigenvalue weighted by atomic mass is 9.98. The van der Waals surface area contributed by atoms with E-state index in [4.69, 9.17) is 0 Å². The lowest BCUT2D eigenvalue weighted by Gasteiger charge is -2.16. The lowest BCUT2D eigenvalue weighted by Crippen LogP contribution is -2.30. The number of amides is 2. The molecule has 2 aromatic carbocycles. The number of nitrogens with zero attached hydrogens (tertiary/aromatic N) is 3. The fourth-order valence-electron chi connectivity index (χ4n) is 4.82. The standard InChI is InChI=1S/C27H21F4N5O5/c1-13-15-5-7-19(17(15)4-3-16(13)26(39)40)35-25(38)21-11-20(34-23-8-9-33-36(21)23)24(37)32-12-14-2-6-18(28)22(10-14)41-27(29,30)31/h2-4,6,8-11,19H,5,7,12H2,1H3,(H,32,37)(H,35,38)(H,39,40)/t19-/m0/s1. The molecule has 2 amide bonds. The number of halogens is 4. The number of carbonyl (C=O) groups is 3. The summed E-state index contributed by atoms with van der Waals surface area (Å²) >= 11 is 0. The van der Waals surface area contributed by atoms with E-state index in [0.717, 1.165) is 23.3 Å². The molecule has 0 saturated carbocycles. The smallest absolute Gasteiger partial charge is 0.478 e. The molecule has 14 heteroatoms. The monoisotopic (exact) mass is 571 g/mol. The second kappa shape index (κ2) is 10.5. The summed E-state index contributed by atoms with van der Waals surface area (Å²) in [4.78, 5) is 41.9. The van der Waals surface area contributed by atoms with Crippen LogP contribution in [0.3, 0.4) is 0 Å². The molecule has 2 heterocycles. The Morgan fingerprint density at radius 2 is 1.90 bits per heavy atom. The summed E-state index contributed by atoms with van der Waals surface area (Å²) in [6.07, 6.45) is -2.58. The number of carboxylic acid groups (broad SMARTS) is 1. The third-order valence-electron chi connectivity index (χ3n) is 6.73. The predicted octanol–water partition coefficient (Wildman–Crippen LogP) is 4.12. The largest absolute Gasteiger partial charge is 0.573 e. The van der Waals surface area contributed by atoms with Gasteiger partial charge in [0.2, 0.25) is 0 Å². The Labute approximate surface area is 229 Å². The maximum atomic E-state index is 13.7. The van der Waals surface area contributed by atoms with Gasteiger partial charge in [0.25, 0.3) is 11.8 Å². The minimum atomic E-state index is -5.09. The van der Waals surface area contributed by atoms with E-state index in [1.807, 2.05) is 0 Å². The van der Waals surface area contributed by atoms with Crippen LogP contribution in [0.15, 0.2) is 48.7 Å². The van der Waals surface area contributed by atoms with Crippen molar-refractivity contribution in [2.75, 3.05) is 0 Å². The predicted molar refractivity (Wildman–Crippen MR) is 134 cm³/mol. The molecule has 1 atom stereocenters. The van der Waals surface area contributed by atoms with Gasteiger partial charge in [-0.15, -0.1) is 13.2 Å². The number of carbonyl (C=O) groups excluding carboxylic acids is 2. The van der Waals surface area contributed by atoms with Crippen molar-refractivity contribution < 1.29 is 41.8 Å². The van der Waals surface area contributed by atoms with Crippen molar-refractivity contribution in [1.82, 2.24) is 25.2 Å². The van der Waals surface area contributed by atoms with Gasteiger partial charge in [-0.25, -0.2) is 18.7 Å². The van der Waals surface area contributed by atoms with Crippen molar-refractivity contribution in [2.45, 2.75) is 38.7 Å². The first-order valence-corrected chi connectivity index (χ1v) is 12.2. The summed E-state index contributed by atoms with van der Waals surface area (Å²) in [5.41, 5.74) is 2.66. The van der Waals surface area contributed by atoms with E-state index in [-0.39, 0.29) is 34.7 Å². The van der Waals surface area contributed by atoms with Gasteiger partial charge in [0.05, 0.1) is 17.8 Å². The van der Waals surface area contributed by atoms with Gasteiger partial charge in [0, 0.05) is 18.7 Å². The fourth-order valence-corrected chi connectivity index (χ4v) is 4.82. The molecule has 4 aromatic rings. The maximum Gasteiger partial charge on any atom is 0.573 e. The molecule has 212 valence electrons. The Morgan fingerprint density at radius 1 is 1.12 bits per heavy atom. The number of hydrogen-bond donors (Lipinski definition) is 3. The number of hydrogen-bond acceptors (Lipinski definition) is 6. The highest BCUT2D eigenvalue weighted by Crippen LogP contribution is 2.35. The fraction of sp³-hybridized carbons (Fsp3) is 0.222. The van der Waals surface area contributed by atoms with E-state index in [1.165, 1.54) is 35.0 Å². The average molecular weight is 571 g/mol. The van der Waals surface area contributed by atoms with Crippen molar-refractivity contribution in [3.05, 3.63) is 93.7 Å². The van der Waals surface area contributed by atoms with Crippen LogP contribution in [0.4, 0.5) is 17.6 Å². The van der Waals surface area contributed by atoms with Crippen molar-refractivity contribution in [3.8, 4) is 5.75 Å². The first-order chi connectivity index (χ1) is 19.4. The van der Waals surface area contributed by atoms with Crippen molar-refractivity contribution in [1.29, 1.82) is 0 Å². The van der Waals surface area contributed by atoms with Gasteiger partial charge in [-0.05, 0) is 60.2 Å². The van der Waals surface area contributed by atoms with Crippen LogP contribution >= 0.6 is 0 Å².